The molecule has 0 fully saturated rings. The molecular formula is C12H8Cl2N4. The molecule has 0 bridgehead atoms. The highest BCUT2D eigenvalue weighted by atomic mass is 35.5. The average Bonchev–Trinajstić information content (AvgIpc) is 2.76. The van der Waals surface area contributed by atoms with E-state index in [1.165, 1.54) is 0 Å². The molecule has 0 aliphatic carbocycles. The molecule has 0 N–H and O–H groups in total. The van der Waals surface area contributed by atoms with Gasteiger partial charge in [0, 0.05) is 5.56 Å². The van der Waals surface area contributed by atoms with Gasteiger partial charge in [-0.2, -0.15) is 5.26 Å². The van der Waals surface area contributed by atoms with Crippen LogP contribution in [0.5, 0.6) is 0 Å². The van der Waals surface area contributed by atoms with Crippen LogP contribution >= 0.6 is 23.2 Å². The van der Waals surface area contributed by atoms with Crippen LogP contribution in [0.2, 0.25) is 10.0 Å². The molecule has 0 saturated heterocycles. The molecule has 0 radical (unpaired) electrons. The van der Waals surface area contributed by atoms with Gasteiger partial charge in [-0.3, -0.25) is 0 Å². The van der Waals surface area contributed by atoms with Crippen molar-refractivity contribution < 1.29 is 0 Å². The second-order valence-electron chi connectivity index (χ2n) is 3.50. The lowest BCUT2D eigenvalue weighted by atomic mass is 10.1. The van der Waals surface area contributed by atoms with Crippen molar-refractivity contribution in [2.75, 3.05) is 0 Å². The van der Waals surface area contributed by atoms with Crippen molar-refractivity contribution in [3.05, 3.63) is 46.6 Å². The van der Waals surface area contributed by atoms with Gasteiger partial charge >= 0.3 is 0 Å². The molecule has 1 aromatic heterocycles. The summed E-state index contributed by atoms with van der Waals surface area (Å²) in [5.41, 5.74) is 1.60. The number of hydrogen-bond donors (Lipinski definition) is 0. The maximum atomic E-state index is 9.03. The van der Waals surface area contributed by atoms with Crippen molar-refractivity contribution >= 4 is 23.2 Å². The molecular weight excluding hydrogens is 271 g/mol. The third-order valence-electron chi connectivity index (χ3n) is 2.34. The summed E-state index contributed by atoms with van der Waals surface area (Å²) >= 11 is 11.8. The van der Waals surface area contributed by atoms with E-state index in [2.05, 4.69) is 16.9 Å². The zero-order valence-corrected chi connectivity index (χ0v) is 10.8. The number of rotatable bonds is 3. The molecule has 0 unspecified atom stereocenters. The normalized spacial score (nSPS) is 10.1. The first kappa shape index (κ1) is 12.6. The van der Waals surface area contributed by atoms with E-state index in [0.717, 1.165) is 5.56 Å². The number of halogens is 2. The number of hydrogen-bond acceptors (Lipinski definition) is 3. The number of nitrogens with zero attached hydrogens (tertiary/aromatic N) is 4. The molecule has 1 heterocycles. The van der Waals surface area contributed by atoms with Gasteiger partial charge in [-0.1, -0.05) is 40.6 Å². The fourth-order valence-electron chi connectivity index (χ4n) is 1.57. The van der Waals surface area contributed by atoms with Gasteiger partial charge in [-0.15, -0.1) is 11.7 Å². The van der Waals surface area contributed by atoms with Crippen LogP contribution in [0, 0.1) is 11.3 Å². The average molecular weight is 279 g/mol. The molecule has 0 spiro atoms. The predicted molar refractivity (Wildman–Crippen MR) is 70.4 cm³/mol. The second kappa shape index (κ2) is 5.21. The summed E-state index contributed by atoms with van der Waals surface area (Å²) in [6, 6.07) is 7.13. The first-order valence-corrected chi connectivity index (χ1v) is 5.83. The maximum absolute atomic E-state index is 9.03. The van der Waals surface area contributed by atoms with Crippen molar-refractivity contribution in [1.82, 2.24) is 15.0 Å². The molecule has 1 aromatic carbocycles. The van der Waals surface area contributed by atoms with E-state index in [9.17, 15) is 0 Å². The summed E-state index contributed by atoms with van der Waals surface area (Å²) in [5, 5.41) is 17.6. The number of aromatic nitrogens is 3. The zero-order chi connectivity index (χ0) is 13.1. The zero-order valence-electron chi connectivity index (χ0n) is 9.27. The van der Waals surface area contributed by atoms with Gasteiger partial charge in [-0.05, 0) is 12.1 Å². The van der Waals surface area contributed by atoms with Gasteiger partial charge in [-0.25, -0.2) is 4.68 Å². The summed E-state index contributed by atoms with van der Waals surface area (Å²) in [4.78, 5) is 0. The minimum Gasteiger partial charge on any atom is -0.239 e. The first-order valence-electron chi connectivity index (χ1n) is 5.07. The summed E-state index contributed by atoms with van der Waals surface area (Å²) in [6.07, 6.45) is 1.68. The first-order chi connectivity index (χ1) is 8.67. The largest absolute Gasteiger partial charge is 0.239 e. The SMILES string of the molecule is C=CCn1nnc(C#N)c1-c1ccc(Cl)c(Cl)c1. The highest BCUT2D eigenvalue weighted by Gasteiger charge is 2.14. The van der Waals surface area contributed by atoms with Crippen molar-refractivity contribution in [2.24, 2.45) is 0 Å². The Morgan fingerprint density at radius 1 is 1.39 bits per heavy atom. The quantitative estimate of drug-likeness (QED) is 0.810. The van der Waals surface area contributed by atoms with E-state index < -0.39 is 0 Å². The van der Waals surface area contributed by atoms with Crippen molar-refractivity contribution in [2.45, 2.75) is 6.54 Å². The number of nitriles is 1. The van der Waals surface area contributed by atoms with Crippen molar-refractivity contribution in [3.8, 4) is 17.3 Å². The Morgan fingerprint density at radius 2 is 2.17 bits per heavy atom. The van der Waals surface area contributed by atoms with Crippen LogP contribution in [-0.2, 0) is 6.54 Å². The third kappa shape index (κ3) is 2.23. The number of allylic oxidation sites excluding steroid dienone is 1. The van der Waals surface area contributed by atoms with Gasteiger partial charge in [0.05, 0.1) is 16.6 Å². The molecule has 4 nitrogen and oxygen atoms in total. The van der Waals surface area contributed by atoms with Crippen LogP contribution in [0.25, 0.3) is 11.3 Å². The topological polar surface area (TPSA) is 54.5 Å². The van der Waals surface area contributed by atoms with Crippen molar-refractivity contribution in [3.63, 3.8) is 0 Å². The summed E-state index contributed by atoms with van der Waals surface area (Å²) < 4.78 is 1.59. The minimum atomic E-state index is 0.246. The van der Waals surface area contributed by atoms with E-state index >= 15 is 0 Å². The standard InChI is InChI=1S/C12H8Cl2N4/c1-2-5-18-12(11(7-15)16-17-18)8-3-4-9(13)10(14)6-8/h2-4,6H,1,5H2. The van der Waals surface area contributed by atoms with Crippen LogP contribution in [0.15, 0.2) is 30.9 Å². The predicted octanol–water partition coefficient (Wildman–Crippen LogP) is 3.31. The highest BCUT2D eigenvalue weighted by molar-refractivity contribution is 6.42. The molecule has 90 valence electrons. The minimum absolute atomic E-state index is 0.246. The summed E-state index contributed by atoms with van der Waals surface area (Å²) in [7, 11) is 0. The lowest BCUT2D eigenvalue weighted by Crippen LogP contribution is -2.00. The molecule has 2 rings (SSSR count). The number of benzene rings is 1. The maximum Gasteiger partial charge on any atom is 0.190 e. The molecule has 0 amide bonds. The monoisotopic (exact) mass is 278 g/mol. The van der Waals surface area contributed by atoms with Crippen LogP contribution in [0.1, 0.15) is 5.69 Å². The van der Waals surface area contributed by atoms with Gasteiger partial charge in [0.25, 0.3) is 0 Å². The molecule has 0 aliphatic rings. The molecule has 2 aromatic rings. The van der Waals surface area contributed by atoms with Gasteiger partial charge in [0.2, 0.25) is 0 Å². The van der Waals surface area contributed by atoms with Gasteiger partial charge < -0.3 is 0 Å². The van der Waals surface area contributed by atoms with Crippen LogP contribution in [0.3, 0.4) is 0 Å². The Hall–Kier alpha value is -1.83. The van der Waals surface area contributed by atoms with Crippen molar-refractivity contribution in [1.29, 1.82) is 5.26 Å². The fraction of sp³-hybridized carbons (Fsp3) is 0.0833. The molecule has 0 saturated carbocycles. The molecule has 6 heteroatoms. The lowest BCUT2D eigenvalue weighted by Gasteiger charge is -2.05. The molecule has 0 atom stereocenters. The summed E-state index contributed by atoms with van der Waals surface area (Å²) in [6.45, 7) is 4.10. The van der Waals surface area contributed by atoms with Crippen LogP contribution in [0.4, 0.5) is 0 Å². The fourth-order valence-corrected chi connectivity index (χ4v) is 1.87. The summed E-state index contributed by atoms with van der Waals surface area (Å²) in [5.74, 6) is 0. The molecule has 18 heavy (non-hydrogen) atoms. The van der Waals surface area contributed by atoms with Crippen LogP contribution in [-0.4, -0.2) is 15.0 Å². The van der Waals surface area contributed by atoms with E-state index in [1.54, 1.807) is 29.0 Å². The van der Waals surface area contributed by atoms with E-state index in [4.69, 9.17) is 28.5 Å². The van der Waals surface area contributed by atoms with E-state index in [1.807, 2.05) is 6.07 Å². The molecule has 0 aliphatic heterocycles. The Kier molecular flexibility index (Phi) is 3.66. The Bertz CT molecular complexity index is 640. The Morgan fingerprint density at radius 3 is 2.78 bits per heavy atom. The van der Waals surface area contributed by atoms with E-state index in [0.29, 0.717) is 22.3 Å². The van der Waals surface area contributed by atoms with Gasteiger partial charge in [0.15, 0.2) is 5.69 Å². The van der Waals surface area contributed by atoms with Crippen LogP contribution < -0.4 is 0 Å². The van der Waals surface area contributed by atoms with Gasteiger partial charge in [0.1, 0.15) is 11.8 Å². The lowest BCUT2D eigenvalue weighted by molar-refractivity contribution is 0.668. The second-order valence-corrected chi connectivity index (χ2v) is 4.31. The Balaban J connectivity index is 2.61. The highest BCUT2D eigenvalue weighted by Crippen LogP contribution is 2.29. The van der Waals surface area contributed by atoms with E-state index in [-0.39, 0.29) is 5.69 Å². The Labute approximate surface area is 114 Å². The third-order valence-corrected chi connectivity index (χ3v) is 3.08. The smallest absolute Gasteiger partial charge is 0.190 e.